The molecule has 0 aliphatic carbocycles. The normalized spacial score (nSPS) is 13.7. The Bertz CT molecular complexity index is 1040. The molecule has 0 bridgehead atoms. The fourth-order valence-electron chi connectivity index (χ4n) is 3.60. The van der Waals surface area contributed by atoms with E-state index in [1.807, 2.05) is 17.5 Å². The number of nitrogens with one attached hydrogen (secondary N) is 1. The van der Waals surface area contributed by atoms with E-state index in [0.29, 0.717) is 34.4 Å². The first-order chi connectivity index (χ1) is 15.1. The van der Waals surface area contributed by atoms with E-state index in [2.05, 4.69) is 15.2 Å². The van der Waals surface area contributed by atoms with E-state index >= 15 is 0 Å². The van der Waals surface area contributed by atoms with Crippen molar-refractivity contribution in [3.05, 3.63) is 63.6 Å². The highest BCUT2D eigenvalue weighted by Gasteiger charge is 2.18. The number of piperidine rings is 1. The molecule has 0 atom stereocenters. The molecule has 31 heavy (non-hydrogen) atoms. The van der Waals surface area contributed by atoms with Gasteiger partial charge in [0.15, 0.2) is 11.5 Å². The van der Waals surface area contributed by atoms with E-state index in [1.165, 1.54) is 17.8 Å². The molecule has 1 N–H and O–H groups in total. The van der Waals surface area contributed by atoms with Crippen molar-refractivity contribution in [2.24, 2.45) is 0 Å². The largest absolute Gasteiger partial charge is 0.493 e. The topological polar surface area (TPSA) is 63.7 Å². The number of halogens is 1. The van der Waals surface area contributed by atoms with Gasteiger partial charge in [0.1, 0.15) is 6.61 Å². The van der Waals surface area contributed by atoms with Gasteiger partial charge >= 0.3 is 0 Å². The molecule has 1 amide bonds. The van der Waals surface area contributed by atoms with Gasteiger partial charge in [-0.05, 0) is 55.7 Å². The Hall–Kier alpha value is -2.77. The summed E-state index contributed by atoms with van der Waals surface area (Å²) in [7, 11) is 1.55. The van der Waals surface area contributed by atoms with Gasteiger partial charge in [0.2, 0.25) is 0 Å². The molecule has 0 spiro atoms. The van der Waals surface area contributed by atoms with Gasteiger partial charge in [0.05, 0.1) is 29.7 Å². The van der Waals surface area contributed by atoms with Crippen LogP contribution in [0, 0.1) is 0 Å². The lowest BCUT2D eigenvalue weighted by atomic mass is 10.1. The molecule has 8 heteroatoms. The van der Waals surface area contributed by atoms with Crippen LogP contribution in [0.5, 0.6) is 11.5 Å². The predicted molar refractivity (Wildman–Crippen MR) is 125 cm³/mol. The van der Waals surface area contributed by atoms with Crippen LogP contribution in [-0.2, 0) is 6.61 Å². The van der Waals surface area contributed by atoms with Crippen molar-refractivity contribution in [3.8, 4) is 11.5 Å². The van der Waals surface area contributed by atoms with Crippen molar-refractivity contribution in [2.75, 3.05) is 30.4 Å². The number of thiazole rings is 1. The smallest absolute Gasteiger partial charge is 0.255 e. The Kier molecular flexibility index (Phi) is 6.94. The molecule has 4 rings (SSSR count). The zero-order chi connectivity index (χ0) is 21.6. The fraction of sp³-hybridized carbons (Fsp3) is 0.304. The van der Waals surface area contributed by atoms with Crippen LogP contribution in [0.2, 0.25) is 5.02 Å². The van der Waals surface area contributed by atoms with E-state index in [-0.39, 0.29) is 5.91 Å². The molecule has 1 aromatic heterocycles. The van der Waals surface area contributed by atoms with Crippen LogP contribution in [0.15, 0.2) is 47.3 Å². The van der Waals surface area contributed by atoms with Crippen LogP contribution in [0.4, 0.5) is 11.4 Å². The van der Waals surface area contributed by atoms with Crippen LogP contribution < -0.4 is 19.7 Å². The molecule has 1 aliphatic rings. The van der Waals surface area contributed by atoms with Gasteiger partial charge in [-0.15, -0.1) is 11.3 Å². The molecule has 6 nitrogen and oxygen atoms in total. The second kappa shape index (κ2) is 10.0. The van der Waals surface area contributed by atoms with Crippen molar-refractivity contribution in [3.63, 3.8) is 0 Å². The summed E-state index contributed by atoms with van der Waals surface area (Å²) < 4.78 is 11.2. The quantitative estimate of drug-likeness (QED) is 0.498. The number of methoxy groups -OCH3 is 1. The molecule has 3 aromatic rings. The Morgan fingerprint density at radius 2 is 2.00 bits per heavy atom. The second-order valence-corrected chi connectivity index (χ2v) is 8.45. The number of anilines is 2. The summed E-state index contributed by atoms with van der Waals surface area (Å²) in [6.07, 6.45) is 3.54. The number of carbonyl (C=O) groups is 1. The summed E-state index contributed by atoms with van der Waals surface area (Å²) in [4.78, 5) is 19.5. The lowest BCUT2D eigenvalue weighted by Gasteiger charge is -2.30. The van der Waals surface area contributed by atoms with Crippen molar-refractivity contribution in [2.45, 2.75) is 25.9 Å². The maximum Gasteiger partial charge on any atom is 0.255 e. The maximum absolute atomic E-state index is 13.0. The summed E-state index contributed by atoms with van der Waals surface area (Å²) in [5.41, 5.74) is 4.79. The van der Waals surface area contributed by atoms with Gasteiger partial charge in [0.25, 0.3) is 5.91 Å². The monoisotopic (exact) mass is 457 g/mol. The van der Waals surface area contributed by atoms with E-state index in [9.17, 15) is 4.79 Å². The number of ether oxygens (including phenoxy) is 2. The van der Waals surface area contributed by atoms with Gasteiger partial charge in [-0.2, -0.15) is 0 Å². The number of hydrogen-bond acceptors (Lipinski definition) is 6. The third kappa shape index (κ3) is 5.29. The molecular weight excluding hydrogens is 434 g/mol. The molecule has 1 aliphatic heterocycles. The minimum Gasteiger partial charge on any atom is -0.493 e. The Balaban J connectivity index is 1.51. The van der Waals surface area contributed by atoms with Crippen molar-refractivity contribution in [1.82, 2.24) is 4.98 Å². The fourth-order valence-corrected chi connectivity index (χ4v) is 4.32. The number of nitrogens with zero attached hydrogens (tertiary/aromatic N) is 2. The third-order valence-electron chi connectivity index (χ3n) is 5.19. The SMILES string of the molecule is COc1cc(C(=O)Nc2cc(Cl)ccc2N2CCCCC2)ccc1OCc1cscn1. The Morgan fingerprint density at radius 1 is 1.16 bits per heavy atom. The summed E-state index contributed by atoms with van der Waals surface area (Å²) in [5, 5.41) is 5.53. The van der Waals surface area contributed by atoms with Gasteiger partial charge in [0, 0.05) is 29.1 Å². The highest BCUT2D eigenvalue weighted by atomic mass is 35.5. The van der Waals surface area contributed by atoms with E-state index in [1.54, 1.807) is 36.9 Å². The Labute approximate surface area is 190 Å². The van der Waals surface area contributed by atoms with Crippen LogP contribution in [0.1, 0.15) is 35.3 Å². The van der Waals surface area contributed by atoms with Gasteiger partial charge in [-0.25, -0.2) is 4.98 Å². The van der Waals surface area contributed by atoms with Crippen molar-refractivity contribution >= 4 is 40.2 Å². The standard InChI is InChI=1S/C23H24ClN3O3S/c1-29-22-11-16(5-8-21(22)30-13-18-14-31-15-25-18)23(28)26-19-12-17(24)6-7-20(19)27-9-3-2-4-10-27/h5-8,11-12,14-15H,2-4,9-10,13H2,1H3,(H,26,28). The predicted octanol–water partition coefficient (Wildman–Crippen LogP) is 5.63. The molecule has 1 fully saturated rings. The van der Waals surface area contributed by atoms with Gasteiger partial charge in [-0.1, -0.05) is 11.6 Å². The van der Waals surface area contributed by atoms with Crippen molar-refractivity contribution < 1.29 is 14.3 Å². The maximum atomic E-state index is 13.0. The molecule has 1 saturated heterocycles. The highest BCUT2D eigenvalue weighted by Crippen LogP contribution is 2.33. The number of hydrogen-bond donors (Lipinski definition) is 1. The number of carbonyl (C=O) groups excluding carboxylic acids is 1. The molecule has 2 aromatic carbocycles. The average molecular weight is 458 g/mol. The molecule has 2 heterocycles. The zero-order valence-corrected chi connectivity index (χ0v) is 18.8. The first-order valence-electron chi connectivity index (χ1n) is 10.2. The van der Waals surface area contributed by atoms with E-state index < -0.39 is 0 Å². The Morgan fingerprint density at radius 3 is 2.74 bits per heavy atom. The molecule has 0 radical (unpaired) electrons. The van der Waals surface area contributed by atoms with Crippen LogP contribution in [0.3, 0.4) is 0 Å². The number of aromatic nitrogens is 1. The van der Waals surface area contributed by atoms with Crippen molar-refractivity contribution in [1.29, 1.82) is 0 Å². The van der Waals surface area contributed by atoms with Crippen LogP contribution >= 0.6 is 22.9 Å². The minimum atomic E-state index is -0.232. The molecule has 0 saturated carbocycles. The number of benzene rings is 2. The summed E-state index contributed by atoms with van der Waals surface area (Å²) in [5.74, 6) is 0.818. The first kappa shape index (κ1) is 21.5. The second-order valence-electron chi connectivity index (χ2n) is 7.30. The first-order valence-corrected chi connectivity index (χ1v) is 11.5. The number of rotatable bonds is 7. The lowest BCUT2D eigenvalue weighted by Crippen LogP contribution is -2.30. The average Bonchev–Trinajstić information content (AvgIpc) is 3.32. The summed E-state index contributed by atoms with van der Waals surface area (Å²) in [6, 6.07) is 10.8. The van der Waals surface area contributed by atoms with Gasteiger partial charge < -0.3 is 19.7 Å². The van der Waals surface area contributed by atoms with Crippen LogP contribution in [-0.4, -0.2) is 31.1 Å². The molecular formula is C23H24ClN3O3S. The van der Waals surface area contributed by atoms with Crippen LogP contribution in [0.25, 0.3) is 0 Å². The third-order valence-corrected chi connectivity index (χ3v) is 6.06. The van der Waals surface area contributed by atoms with E-state index in [0.717, 1.165) is 37.3 Å². The van der Waals surface area contributed by atoms with Gasteiger partial charge in [-0.3, -0.25) is 4.79 Å². The van der Waals surface area contributed by atoms with E-state index in [4.69, 9.17) is 21.1 Å². The minimum absolute atomic E-state index is 0.232. The highest BCUT2D eigenvalue weighted by molar-refractivity contribution is 7.07. The summed E-state index contributed by atoms with van der Waals surface area (Å²) in [6.45, 7) is 2.29. The molecule has 0 unspecified atom stereocenters. The lowest BCUT2D eigenvalue weighted by molar-refractivity contribution is 0.102. The zero-order valence-electron chi connectivity index (χ0n) is 17.3. The molecule has 162 valence electrons. The summed E-state index contributed by atoms with van der Waals surface area (Å²) >= 11 is 7.74. The number of amides is 1.